The molecule has 0 radical (unpaired) electrons. The summed E-state index contributed by atoms with van der Waals surface area (Å²) in [6, 6.07) is 10.7. The molecular weight excluding hydrogens is 455 g/mol. The summed E-state index contributed by atoms with van der Waals surface area (Å²) in [5, 5.41) is 3.22. The Morgan fingerprint density at radius 3 is 2.34 bits per heavy atom. The molecule has 1 saturated heterocycles. The molecule has 0 spiro atoms. The third kappa shape index (κ3) is 4.49. The van der Waals surface area contributed by atoms with E-state index in [4.69, 9.17) is 27.9 Å². The topological polar surface area (TPSA) is 92.8 Å². The third-order valence-electron chi connectivity index (χ3n) is 5.72. The molecule has 0 bridgehead atoms. The second-order valence-electron chi connectivity index (χ2n) is 7.81. The molecule has 1 saturated carbocycles. The van der Waals surface area contributed by atoms with Gasteiger partial charge in [0.25, 0.3) is 5.91 Å². The Labute approximate surface area is 194 Å². The molecule has 2 atom stereocenters. The maximum atomic E-state index is 12.8. The minimum Gasteiger partial charge on any atom is -0.452 e. The number of anilines is 2. The van der Waals surface area contributed by atoms with Crippen molar-refractivity contribution in [3.05, 3.63) is 58.1 Å². The molecule has 2 aromatic rings. The van der Waals surface area contributed by atoms with Crippen LogP contribution in [0.25, 0.3) is 0 Å². The third-order valence-corrected chi connectivity index (χ3v) is 6.27. The lowest BCUT2D eigenvalue weighted by molar-refractivity contribution is -0.122. The Kier molecular flexibility index (Phi) is 6.48. The van der Waals surface area contributed by atoms with E-state index >= 15 is 0 Å². The predicted octanol–water partition coefficient (Wildman–Crippen LogP) is 4.47. The summed E-state index contributed by atoms with van der Waals surface area (Å²) in [4.78, 5) is 51.3. The van der Waals surface area contributed by atoms with Crippen molar-refractivity contribution in [2.45, 2.75) is 25.7 Å². The van der Waals surface area contributed by atoms with E-state index in [1.165, 1.54) is 29.2 Å². The fraction of sp³-hybridized carbons (Fsp3) is 0.304. The number of esters is 1. The summed E-state index contributed by atoms with van der Waals surface area (Å²) in [7, 11) is 0. The van der Waals surface area contributed by atoms with Gasteiger partial charge in [0, 0.05) is 5.02 Å². The average Bonchev–Trinajstić information content (AvgIpc) is 3.04. The van der Waals surface area contributed by atoms with Gasteiger partial charge in [-0.1, -0.05) is 42.1 Å². The van der Waals surface area contributed by atoms with Crippen molar-refractivity contribution in [3.63, 3.8) is 0 Å². The maximum Gasteiger partial charge on any atom is 0.338 e. The molecule has 3 amide bonds. The van der Waals surface area contributed by atoms with Gasteiger partial charge >= 0.3 is 5.97 Å². The monoisotopic (exact) mass is 474 g/mol. The lowest BCUT2D eigenvalue weighted by Crippen LogP contribution is -2.31. The van der Waals surface area contributed by atoms with Gasteiger partial charge in [-0.05, 0) is 49.2 Å². The normalized spacial score (nSPS) is 20.1. The van der Waals surface area contributed by atoms with Gasteiger partial charge in [0.15, 0.2) is 6.61 Å². The number of benzene rings is 2. The number of hydrogen-bond donors (Lipinski definition) is 1. The zero-order chi connectivity index (χ0) is 22.8. The van der Waals surface area contributed by atoms with Crippen molar-refractivity contribution in [2.24, 2.45) is 11.8 Å². The molecule has 1 heterocycles. The predicted molar refractivity (Wildman–Crippen MR) is 120 cm³/mol. The van der Waals surface area contributed by atoms with Gasteiger partial charge in [-0.3, -0.25) is 19.3 Å². The van der Waals surface area contributed by atoms with Crippen LogP contribution in [0.3, 0.4) is 0 Å². The molecule has 2 fully saturated rings. The van der Waals surface area contributed by atoms with Gasteiger partial charge in [-0.2, -0.15) is 0 Å². The largest absolute Gasteiger partial charge is 0.452 e. The van der Waals surface area contributed by atoms with Crippen molar-refractivity contribution in [3.8, 4) is 0 Å². The quantitative estimate of drug-likeness (QED) is 0.509. The van der Waals surface area contributed by atoms with Crippen molar-refractivity contribution < 1.29 is 23.9 Å². The van der Waals surface area contributed by atoms with Crippen LogP contribution in [0.5, 0.6) is 0 Å². The number of ether oxygens (including phenoxy) is 1. The smallest absolute Gasteiger partial charge is 0.338 e. The van der Waals surface area contributed by atoms with E-state index in [0.29, 0.717) is 29.2 Å². The second kappa shape index (κ2) is 9.30. The van der Waals surface area contributed by atoms with Crippen LogP contribution in [-0.4, -0.2) is 30.3 Å². The van der Waals surface area contributed by atoms with Gasteiger partial charge in [0.05, 0.1) is 33.8 Å². The van der Waals surface area contributed by atoms with Gasteiger partial charge in [-0.15, -0.1) is 0 Å². The van der Waals surface area contributed by atoms with E-state index < -0.39 is 18.5 Å². The second-order valence-corrected chi connectivity index (χ2v) is 8.65. The fourth-order valence-electron chi connectivity index (χ4n) is 4.18. The first-order chi connectivity index (χ1) is 15.3. The SMILES string of the molecule is O=C(COC(=O)c1cccc(N2C(=O)[C@H]3CCCC[C@H]3C2=O)c1)Nc1ccc(Cl)cc1Cl. The minimum atomic E-state index is -0.749. The molecule has 0 aromatic heterocycles. The highest BCUT2D eigenvalue weighted by Gasteiger charge is 2.48. The van der Waals surface area contributed by atoms with Crippen LogP contribution in [-0.2, 0) is 19.1 Å². The Hall–Kier alpha value is -2.90. The molecule has 2 aromatic carbocycles. The number of fused-ring (bicyclic) bond motifs is 1. The summed E-state index contributed by atoms with van der Waals surface area (Å²) in [6.45, 7) is -0.534. The number of carbonyl (C=O) groups excluding carboxylic acids is 4. The molecule has 9 heteroatoms. The van der Waals surface area contributed by atoms with Gasteiger partial charge in [0.2, 0.25) is 11.8 Å². The highest BCUT2D eigenvalue weighted by Crippen LogP contribution is 2.40. The minimum absolute atomic E-state index is 0.135. The van der Waals surface area contributed by atoms with Gasteiger partial charge < -0.3 is 10.1 Å². The van der Waals surface area contributed by atoms with E-state index in [9.17, 15) is 19.2 Å². The van der Waals surface area contributed by atoms with Crippen LogP contribution in [0.15, 0.2) is 42.5 Å². The molecule has 1 aliphatic heterocycles. The Morgan fingerprint density at radius 1 is 1.00 bits per heavy atom. The number of imide groups is 1. The summed E-state index contributed by atoms with van der Waals surface area (Å²) in [6.07, 6.45) is 3.29. The van der Waals surface area contributed by atoms with Crippen LogP contribution in [0.4, 0.5) is 11.4 Å². The molecule has 1 N–H and O–H groups in total. The molecule has 1 aliphatic carbocycles. The summed E-state index contributed by atoms with van der Waals surface area (Å²) in [5.41, 5.74) is 0.809. The van der Waals surface area contributed by atoms with Crippen LogP contribution in [0, 0.1) is 11.8 Å². The number of nitrogens with one attached hydrogen (secondary N) is 1. The van der Waals surface area contributed by atoms with Gasteiger partial charge in [0.1, 0.15) is 0 Å². The van der Waals surface area contributed by atoms with E-state index in [1.807, 2.05) is 0 Å². The van der Waals surface area contributed by atoms with Crippen LogP contribution >= 0.6 is 23.2 Å². The van der Waals surface area contributed by atoms with Crippen LogP contribution in [0.1, 0.15) is 36.0 Å². The van der Waals surface area contributed by atoms with E-state index in [0.717, 1.165) is 12.8 Å². The highest BCUT2D eigenvalue weighted by atomic mass is 35.5. The van der Waals surface area contributed by atoms with E-state index in [-0.39, 0.29) is 34.2 Å². The number of halogens is 2. The molecule has 0 unspecified atom stereocenters. The molecule has 32 heavy (non-hydrogen) atoms. The number of nitrogens with zero attached hydrogens (tertiary/aromatic N) is 1. The zero-order valence-electron chi connectivity index (χ0n) is 17.0. The molecule has 166 valence electrons. The van der Waals surface area contributed by atoms with Crippen LogP contribution < -0.4 is 10.2 Å². The Bertz CT molecular complexity index is 1080. The van der Waals surface area contributed by atoms with Crippen molar-refractivity contribution in [1.29, 1.82) is 0 Å². The van der Waals surface area contributed by atoms with Crippen molar-refractivity contribution in [2.75, 3.05) is 16.8 Å². The molecule has 2 aliphatic rings. The first-order valence-corrected chi connectivity index (χ1v) is 11.0. The number of carbonyl (C=O) groups is 4. The Balaban J connectivity index is 1.41. The standard InChI is InChI=1S/C23H20Cl2N2O5/c24-14-8-9-19(18(25)11-14)26-20(28)12-32-23(31)13-4-3-5-15(10-13)27-21(29)16-6-1-2-7-17(16)22(27)30/h3-5,8-11,16-17H,1-2,6-7,12H2,(H,26,28)/t16-,17+. The van der Waals surface area contributed by atoms with Crippen LogP contribution in [0.2, 0.25) is 10.0 Å². The first-order valence-electron chi connectivity index (χ1n) is 10.2. The fourth-order valence-corrected chi connectivity index (χ4v) is 4.64. The van der Waals surface area contributed by atoms with E-state index in [1.54, 1.807) is 18.2 Å². The lowest BCUT2D eigenvalue weighted by atomic mass is 9.81. The van der Waals surface area contributed by atoms with Gasteiger partial charge in [-0.25, -0.2) is 4.79 Å². The number of rotatable bonds is 5. The first kappa shape index (κ1) is 22.3. The maximum absolute atomic E-state index is 12.8. The van der Waals surface area contributed by atoms with E-state index in [2.05, 4.69) is 5.32 Å². The summed E-state index contributed by atoms with van der Waals surface area (Å²) in [5.74, 6) is -2.33. The molecule has 4 rings (SSSR count). The lowest BCUT2D eigenvalue weighted by Gasteiger charge is -2.19. The number of amides is 3. The Morgan fingerprint density at radius 2 is 1.69 bits per heavy atom. The molecule has 7 nitrogen and oxygen atoms in total. The average molecular weight is 475 g/mol. The molecular formula is C23H20Cl2N2O5. The zero-order valence-corrected chi connectivity index (χ0v) is 18.5. The highest BCUT2D eigenvalue weighted by molar-refractivity contribution is 6.36. The summed E-state index contributed by atoms with van der Waals surface area (Å²) < 4.78 is 5.08. The van der Waals surface area contributed by atoms with Crippen molar-refractivity contribution in [1.82, 2.24) is 0 Å². The van der Waals surface area contributed by atoms with Crippen molar-refractivity contribution >= 4 is 58.3 Å². The summed E-state index contributed by atoms with van der Waals surface area (Å²) >= 11 is 11.8. The number of hydrogen-bond acceptors (Lipinski definition) is 5.